The van der Waals surface area contributed by atoms with Crippen LogP contribution in [0.15, 0.2) is 71.9 Å². The van der Waals surface area contributed by atoms with Crippen LogP contribution in [0.3, 0.4) is 0 Å². The first-order valence-corrected chi connectivity index (χ1v) is 12.0. The highest BCUT2D eigenvalue weighted by atomic mass is 32.2. The topological polar surface area (TPSA) is 87.5 Å². The second-order valence-electron chi connectivity index (χ2n) is 7.89. The molecule has 8 nitrogen and oxygen atoms in total. The molecule has 1 aliphatic rings. The van der Waals surface area contributed by atoms with Gasteiger partial charge in [0, 0.05) is 17.9 Å². The van der Waals surface area contributed by atoms with E-state index in [0.29, 0.717) is 23.6 Å². The molecule has 0 unspecified atom stereocenters. The van der Waals surface area contributed by atoms with Crippen LogP contribution >= 0.6 is 11.8 Å². The van der Waals surface area contributed by atoms with Crippen LogP contribution in [0.2, 0.25) is 0 Å². The van der Waals surface area contributed by atoms with Crippen molar-refractivity contribution >= 4 is 17.7 Å². The standard InChI is InChI=1S/C26H24N4O4S/c1-17-28-29-26(30(17)21-5-3-4-6-22(21)32-2)35-15-18-7-10-20(11-8-18)25(31)27-14-19-9-12-23-24(13-19)34-16-33-23/h3-13H,14-16H2,1-2H3,(H,27,31). The fraction of sp³-hybridized carbons (Fsp3) is 0.192. The molecule has 9 heteroatoms. The smallest absolute Gasteiger partial charge is 0.251 e. The van der Waals surface area contributed by atoms with Gasteiger partial charge in [0.05, 0.1) is 12.8 Å². The minimum atomic E-state index is -0.131. The number of rotatable bonds is 8. The summed E-state index contributed by atoms with van der Waals surface area (Å²) >= 11 is 1.58. The second kappa shape index (κ2) is 10.1. The Morgan fingerprint density at radius 1 is 1.03 bits per heavy atom. The third-order valence-electron chi connectivity index (χ3n) is 5.60. The lowest BCUT2D eigenvalue weighted by molar-refractivity contribution is 0.0951. The Balaban J connectivity index is 1.21. The van der Waals surface area contributed by atoms with Crippen molar-refractivity contribution in [1.29, 1.82) is 0 Å². The fourth-order valence-corrected chi connectivity index (χ4v) is 4.71. The molecule has 1 amide bonds. The van der Waals surface area contributed by atoms with Gasteiger partial charge >= 0.3 is 0 Å². The molecule has 5 rings (SSSR count). The van der Waals surface area contributed by atoms with Gasteiger partial charge in [-0.1, -0.05) is 42.1 Å². The van der Waals surface area contributed by atoms with Gasteiger partial charge in [-0.25, -0.2) is 0 Å². The first-order chi connectivity index (χ1) is 17.1. The first-order valence-electron chi connectivity index (χ1n) is 11.1. The molecule has 4 aromatic rings. The minimum Gasteiger partial charge on any atom is -0.495 e. The van der Waals surface area contributed by atoms with Crippen molar-refractivity contribution in [2.24, 2.45) is 0 Å². The van der Waals surface area contributed by atoms with Gasteiger partial charge in [-0.3, -0.25) is 9.36 Å². The van der Waals surface area contributed by atoms with Crippen LogP contribution in [0.25, 0.3) is 5.69 Å². The lowest BCUT2D eigenvalue weighted by Crippen LogP contribution is -2.22. The van der Waals surface area contributed by atoms with E-state index in [1.807, 2.05) is 78.2 Å². The summed E-state index contributed by atoms with van der Waals surface area (Å²) in [5.41, 5.74) is 3.53. The van der Waals surface area contributed by atoms with E-state index in [9.17, 15) is 4.79 Å². The highest BCUT2D eigenvalue weighted by molar-refractivity contribution is 7.98. The predicted octanol–water partition coefficient (Wildman–Crippen LogP) is 4.54. The number of aromatic nitrogens is 3. The number of aryl methyl sites for hydroxylation is 1. The number of ether oxygens (including phenoxy) is 3. The number of benzene rings is 3. The van der Waals surface area contributed by atoms with E-state index >= 15 is 0 Å². The van der Waals surface area contributed by atoms with Crippen LogP contribution < -0.4 is 19.5 Å². The summed E-state index contributed by atoms with van der Waals surface area (Å²) in [6.07, 6.45) is 0. The Morgan fingerprint density at radius 3 is 2.63 bits per heavy atom. The Hall–Kier alpha value is -3.98. The quantitative estimate of drug-likeness (QED) is 0.365. The molecule has 1 aromatic heterocycles. The molecular formula is C26H24N4O4S. The summed E-state index contributed by atoms with van der Waals surface area (Å²) in [7, 11) is 1.65. The van der Waals surface area contributed by atoms with Gasteiger partial charge in [0.1, 0.15) is 11.6 Å². The SMILES string of the molecule is COc1ccccc1-n1c(C)nnc1SCc1ccc(C(=O)NCc2ccc3c(c2)OCO3)cc1. The van der Waals surface area contributed by atoms with Crippen molar-refractivity contribution in [3.63, 3.8) is 0 Å². The number of para-hydroxylation sites is 2. The van der Waals surface area contributed by atoms with Gasteiger partial charge in [-0.05, 0) is 54.4 Å². The summed E-state index contributed by atoms with van der Waals surface area (Å²) in [6.45, 7) is 2.56. The van der Waals surface area contributed by atoms with Crippen molar-refractivity contribution in [1.82, 2.24) is 20.1 Å². The number of thioether (sulfide) groups is 1. The molecule has 1 N–H and O–H groups in total. The Labute approximate surface area is 207 Å². The van der Waals surface area contributed by atoms with Crippen LogP contribution in [0.1, 0.15) is 27.3 Å². The lowest BCUT2D eigenvalue weighted by Gasteiger charge is -2.12. The monoisotopic (exact) mass is 488 g/mol. The normalized spacial score (nSPS) is 11.9. The summed E-state index contributed by atoms with van der Waals surface area (Å²) in [5.74, 6) is 3.53. The maximum atomic E-state index is 12.6. The summed E-state index contributed by atoms with van der Waals surface area (Å²) in [6, 6.07) is 21.0. The molecular weight excluding hydrogens is 464 g/mol. The van der Waals surface area contributed by atoms with Gasteiger partial charge < -0.3 is 19.5 Å². The molecule has 2 heterocycles. The maximum absolute atomic E-state index is 12.6. The minimum absolute atomic E-state index is 0.131. The molecule has 0 atom stereocenters. The van der Waals surface area contributed by atoms with Crippen molar-refractivity contribution in [2.75, 3.05) is 13.9 Å². The van der Waals surface area contributed by atoms with E-state index in [1.165, 1.54) is 0 Å². The van der Waals surface area contributed by atoms with E-state index in [4.69, 9.17) is 14.2 Å². The van der Waals surface area contributed by atoms with E-state index in [-0.39, 0.29) is 12.7 Å². The average molecular weight is 489 g/mol. The fourth-order valence-electron chi connectivity index (χ4n) is 3.76. The number of nitrogens with zero attached hydrogens (tertiary/aromatic N) is 3. The number of hydrogen-bond donors (Lipinski definition) is 1. The van der Waals surface area contributed by atoms with Crippen LogP contribution in [0.4, 0.5) is 0 Å². The van der Waals surface area contributed by atoms with Crippen molar-refractivity contribution in [3.8, 4) is 22.9 Å². The number of carbonyl (C=O) groups is 1. The summed E-state index contributed by atoms with van der Waals surface area (Å²) in [5, 5.41) is 12.3. The zero-order chi connectivity index (χ0) is 24.2. The van der Waals surface area contributed by atoms with E-state index in [1.54, 1.807) is 18.9 Å². The van der Waals surface area contributed by atoms with Crippen LogP contribution in [0.5, 0.6) is 17.2 Å². The van der Waals surface area contributed by atoms with Crippen LogP contribution in [-0.2, 0) is 12.3 Å². The summed E-state index contributed by atoms with van der Waals surface area (Å²) < 4.78 is 18.2. The van der Waals surface area contributed by atoms with E-state index in [2.05, 4.69) is 15.5 Å². The van der Waals surface area contributed by atoms with Gasteiger partial charge in [0.15, 0.2) is 16.7 Å². The molecule has 0 bridgehead atoms. The van der Waals surface area contributed by atoms with E-state index in [0.717, 1.165) is 39.3 Å². The van der Waals surface area contributed by atoms with Gasteiger partial charge in [-0.15, -0.1) is 10.2 Å². The Kier molecular flexibility index (Phi) is 6.58. The molecule has 35 heavy (non-hydrogen) atoms. The predicted molar refractivity (Wildman–Crippen MR) is 132 cm³/mol. The number of hydrogen-bond acceptors (Lipinski definition) is 7. The van der Waals surface area contributed by atoms with E-state index < -0.39 is 0 Å². The first kappa shape index (κ1) is 22.8. The Bertz CT molecular complexity index is 1350. The van der Waals surface area contributed by atoms with Gasteiger partial charge in [0.2, 0.25) is 6.79 Å². The molecule has 0 radical (unpaired) electrons. The number of methoxy groups -OCH3 is 1. The molecule has 0 saturated carbocycles. The number of nitrogens with one attached hydrogen (secondary N) is 1. The zero-order valence-corrected chi connectivity index (χ0v) is 20.2. The van der Waals surface area contributed by atoms with Crippen molar-refractivity contribution in [2.45, 2.75) is 24.4 Å². The third kappa shape index (κ3) is 4.95. The molecule has 1 aliphatic heterocycles. The number of amides is 1. The van der Waals surface area contributed by atoms with Crippen LogP contribution in [-0.4, -0.2) is 34.6 Å². The van der Waals surface area contributed by atoms with Gasteiger partial charge in [0.25, 0.3) is 5.91 Å². The zero-order valence-electron chi connectivity index (χ0n) is 19.4. The molecule has 178 valence electrons. The maximum Gasteiger partial charge on any atom is 0.251 e. The Morgan fingerprint density at radius 2 is 1.80 bits per heavy atom. The molecule has 0 saturated heterocycles. The summed E-state index contributed by atoms with van der Waals surface area (Å²) in [4.78, 5) is 12.6. The highest BCUT2D eigenvalue weighted by Crippen LogP contribution is 2.32. The third-order valence-corrected chi connectivity index (χ3v) is 6.60. The lowest BCUT2D eigenvalue weighted by atomic mass is 10.1. The molecule has 3 aromatic carbocycles. The van der Waals surface area contributed by atoms with Crippen molar-refractivity contribution in [3.05, 3.63) is 89.2 Å². The number of carbonyl (C=O) groups excluding carboxylic acids is 1. The largest absolute Gasteiger partial charge is 0.495 e. The highest BCUT2D eigenvalue weighted by Gasteiger charge is 2.16. The van der Waals surface area contributed by atoms with Crippen molar-refractivity contribution < 1.29 is 19.0 Å². The average Bonchev–Trinajstić information content (AvgIpc) is 3.52. The van der Waals surface area contributed by atoms with Crippen LogP contribution in [0, 0.1) is 6.92 Å². The van der Waals surface area contributed by atoms with Gasteiger partial charge in [-0.2, -0.15) is 0 Å². The second-order valence-corrected chi connectivity index (χ2v) is 8.84. The molecule has 0 aliphatic carbocycles. The molecule has 0 spiro atoms. The molecule has 0 fully saturated rings. The number of fused-ring (bicyclic) bond motifs is 1.